The first-order valence-electron chi connectivity index (χ1n) is 9.71. The molecule has 1 N–H and O–H groups in total. The average Bonchev–Trinajstić information content (AvgIpc) is 3.15. The molecule has 0 spiro atoms. The summed E-state index contributed by atoms with van der Waals surface area (Å²) in [4.78, 5) is 16.4. The number of rotatable bonds is 7. The Bertz CT molecular complexity index is 552. The van der Waals surface area contributed by atoms with Gasteiger partial charge in [0.05, 0.1) is 5.69 Å². The molecule has 0 unspecified atom stereocenters. The van der Waals surface area contributed by atoms with E-state index in [0.717, 1.165) is 45.1 Å². The van der Waals surface area contributed by atoms with Gasteiger partial charge in [-0.05, 0) is 24.5 Å². The van der Waals surface area contributed by atoms with E-state index < -0.39 is 0 Å². The fourth-order valence-corrected chi connectivity index (χ4v) is 4.00. The van der Waals surface area contributed by atoms with Crippen LogP contribution in [0.3, 0.4) is 0 Å². The normalized spacial score (nSPS) is 19.3. The minimum Gasteiger partial charge on any atom is -0.367 e. The molecule has 4 nitrogen and oxygen atoms in total. The summed E-state index contributed by atoms with van der Waals surface area (Å²) >= 11 is 0. The number of nitrogens with zero attached hydrogens (tertiary/aromatic N) is 2. The van der Waals surface area contributed by atoms with Gasteiger partial charge >= 0.3 is 0 Å². The number of piperazine rings is 1. The van der Waals surface area contributed by atoms with Crippen molar-refractivity contribution in [1.82, 2.24) is 10.2 Å². The Morgan fingerprint density at radius 2 is 1.84 bits per heavy atom. The molecular formula is C20H30FN3O. The molecule has 3 rings (SSSR count). The van der Waals surface area contributed by atoms with E-state index in [1.54, 1.807) is 6.07 Å². The van der Waals surface area contributed by atoms with Gasteiger partial charge in [-0.1, -0.05) is 37.8 Å². The van der Waals surface area contributed by atoms with Gasteiger partial charge < -0.3 is 10.2 Å². The Morgan fingerprint density at radius 1 is 1.12 bits per heavy atom. The van der Waals surface area contributed by atoms with Crippen molar-refractivity contribution < 1.29 is 9.18 Å². The van der Waals surface area contributed by atoms with Crippen molar-refractivity contribution in [2.24, 2.45) is 5.92 Å². The van der Waals surface area contributed by atoms with Gasteiger partial charge in [0.25, 0.3) is 0 Å². The van der Waals surface area contributed by atoms with Gasteiger partial charge in [-0.15, -0.1) is 0 Å². The predicted octanol–water partition coefficient (Wildman–Crippen LogP) is 3.03. The van der Waals surface area contributed by atoms with E-state index in [-0.39, 0.29) is 11.7 Å². The Hall–Kier alpha value is -1.62. The second-order valence-electron chi connectivity index (χ2n) is 7.32. The van der Waals surface area contributed by atoms with Gasteiger partial charge in [0.15, 0.2) is 0 Å². The first kappa shape index (κ1) is 18.2. The maximum Gasteiger partial charge on any atom is 0.220 e. The number of hydrogen-bond acceptors (Lipinski definition) is 3. The number of anilines is 1. The summed E-state index contributed by atoms with van der Waals surface area (Å²) in [6, 6.07) is 6.97. The highest BCUT2D eigenvalue weighted by Crippen LogP contribution is 2.28. The molecule has 1 aromatic carbocycles. The van der Waals surface area contributed by atoms with E-state index in [4.69, 9.17) is 0 Å². The third-order valence-corrected chi connectivity index (χ3v) is 5.57. The van der Waals surface area contributed by atoms with Crippen molar-refractivity contribution in [3.8, 4) is 0 Å². The third kappa shape index (κ3) is 5.43. The predicted molar refractivity (Wildman–Crippen MR) is 99.3 cm³/mol. The summed E-state index contributed by atoms with van der Waals surface area (Å²) in [6.07, 6.45) is 7.01. The van der Waals surface area contributed by atoms with Crippen LogP contribution in [0.5, 0.6) is 0 Å². The van der Waals surface area contributed by atoms with E-state index in [9.17, 15) is 9.18 Å². The standard InChI is InChI=1S/C20H30FN3O/c21-18-7-3-4-8-19(18)24-15-13-23(14-16-24)12-11-22-20(25)10-9-17-5-1-2-6-17/h3-4,7-8,17H,1-2,5-6,9-16H2,(H,22,25). The molecule has 1 aliphatic heterocycles. The van der Waals surface area contributed by atoms with Crippen LogP contribution in [0.1, 0.15) is 38.5 Å². The highest BCUT2D eigenvalue weighted by atomic mass is 19.1. The van der Waals surface area contributed by atoms with Crippen LogP contribution in [-0.4, -0.2) is 50.1 Å². The van der Waals surface area contributed by atoms with Crippen molar-refractivity contribution in [2.75, 3.05) is 44.2 Å². The number of para-hydroxylation sites is 1. The zero-order valence-electron chi connectivity index (χ0n) is 15.1. The summed E-state index contributed by atoms with van der Waals surface area (Å²) in [5.41, 5.74) is 0.697. The lowest BCUT2D eigenvalue weighted by Gasteiger charge is -2.36. The summed E-state index contributed by atoms with van der Waals surface area (Å²) in [5.74, 6) is 0.819. The molecule has 2 aliphatic rings. The lowest BCUT2D eigenvalue weighted by Crippen LogP contribution is -2.48. The monoisotopic (exact) mass is 347 g/mol. The lowest BCUT2D eigenvalue weighted by molar-refractivity contribution is -0.121. The van der Waals surface area contributed by atoms with Crippen molar-refractivity contribution >= 4 is 11.6 Å². The Morgan fingerprint density at radius 3 is 2.56 bits per heavy atom. The smallest absolute Gasteiger partial charge is 0.220 e. The topological polar surface area (TPSA) is 35.6 Å². The molecule has 1 saturated carbocycles. The molecule has 1 amide bonds. The number of hydrogen-bond donors (Lipinski definition) is 1. The maximum atomic E-state index is 13.8. The molecule has 1 saturated heterocycles. The highest BCUT2D eigenvalue weighted by molar-refractivity contribution is 5.75. The largest absolute Gasteiger partial charge is 0.367 e. The number of benzene rings is 1. The van der Waals surface area contributed by atoms with Gasteiger partial charge in [-0.25, -0.2) is 4.39 Å². The molecule has 1 aromatic rings. The first-order chi connectivity index (χ1) is 12.2. The number of halogens is 1. The van der Waals surface area contributed by atoms with Crippen LogP contribution in [0, 0.1) is 11.7 Å². The van der Waals surface area contributed by atoms with E-state index in [0.29, 0.717) is 18.7 Å². The van der Waals surface area contributed by atoms with Crippen LogP contribution in [0.2, 0.25) is 0 Å². The van der Waals surface area contributed by atoms with E-state index in [1.807, 2.05) is 12.1 Å². The molecule has 1 aliphatic carbocycles. The van der Waals surface area contributed by atoms with Gasteiger partial charge in [-0.3, -0.25) is 9.69 Å². The fourth-order valence-electron chi connectivity index (χ4n) is 4.00. The van der Waals surface area contributed by atoms with Crippen LogP contribution < -0.4 is 10.2 Å². The van der Waals surface area contributed by atoms with Crippen molar-refractivity contribution in [3.05, 3.63) is 30.1 Å². The second kappa shape index (κ2) is 9.18. The van der Waals surface area contributed by atoms with Crippen LogP contribution in [0.4, 0.5) is 10.1 Å². The zero-order chi connectivity index (χ0) is 17.5. The number of nitrogens with one attached hydrogen (secondary N) is 1. The zero-order valence-corrected chi connectivity index (χ0v) is 15.1. The quantitative estimate of drug-likeness (QED) is 0.823. The molecule has 5 heteroatoms. The Labute approximate surface area is 150 Å². The van der Waals surface area contributed by atoms with Gasteiger partial charge in [0, 0.05) is 45.7 Å². The molecule has 2 fully saturated rings. The second-order valence-corrected chi connectivity index (χ2v) is 7.32. The average molecular weight is 347 g/mol. The molecule has 0 bridgehead atoms. The highest BCUT2D eigenvalue weighted by Gasteiger charge is 2.19. The summed E-state index contributed by atoms with van der Waals surface area (Å²) in [6.45, 7) is 5.06. The molecule has 25 heavy (non-hydrogen) atoms. The first-order valence-corrected chi connectivity index (χ1v) is 9.71. The minimum atomic E-state index is -0.148. The van der Waals surface area contributed by atoms with Gasteiger partial charge in [0.1, 0.15) is 5.82 Å². The molecule has 0 radical (unpaired) electrons. The molecular weight excluding hydrogens is 317 g/mol. The van der Waals surface area contributed by atoms with E-state index in [1.165, 1.54) is 31.7 Å². The van der Waals surface area contributed by atoms with E-state index >= 15 is 0 Å². The van der Waals surface area contributed by atoms with Crippen molar-refractivity contribution in [1.29, 1.82) is 0 Å². The number of carbonyl (C=O) groups excluding carboxylic acids is 1. The summed E-state index contributed by atoms with van der Waals surface area (Å²) < 4.78 is 13.8. The van der Waals surface area contributed by atoms with Crippen LogP contribution >= 0.6 is 0 Å². The number of carbonyl (C=O) groups is 1. The molecule has 0 aromatic heterocycles. The SMILES string of the molecule is O=C(CCC1CCCC1)NCCN1CCN(c2ccccc2F)CC1. The Kier molecular flexibility index (Phi) is 6.68. The number of amides is 1. The summed E-state index contributed by atoms with van der Waals surface area (Å²) in [7, 11) is 0. The molecule has 138 valence electrons. The lowest BCUT2D eigenvalue weighted by atomic mass is 10.0. The maximum absolute atomic E-state index is 13.8. The van der Waals surface area contributed by atoms with Crippen LogP contribution in [0.25, 0.3) is 0 Å². The van der Waals surface area contributed by atoms with Crippen molar-refractivity contribution in [3.63, 3.8) is 0 Å². The van der Waals surface area contributed by atoms with Crippen LogP contribution in [0.15, 0.2) is 24.3 Å². The van der Waals surface area contributed by atoms with Gasteiger partial charge in [-0.2, -0.15) is 0 Å². The van der Waals surface area contributed by atoms with E-state index in [2.05, 4.69) is 15.1 Å². The fraction of sp³-hybridized carbons (Fsp3) is 0.650. The minimum absolute atomic E-state index is 0.148. The summed E-state index contributed by atoms with van der Waals surface area (Å²) in [5, 5.41) is 3.05. The van der Waals surface area contributed by atoms with Crippen LogP contribution in [-0.2, 0) is 4.79 Å². The van der Waals surface area contributed by atoms with Gasteiger partial charge in [0.2, 0.25) is 5.91 Å². The molecule has 0 atom stereocenters. The molecule has 1 heterocycles. The third-order valence-electron chi connectivity index (χ3n) is 5.57. The van der Waals surface area contributed by atoms with Crippen molar-refractivity contribution in [2.45, 2.75) is 38.5 Å². The Balaban J connectivity index is 1.30.